The molecule has 0 saturated heterocycles. The van der Waals surface area contributed by atoms with Gasteiger partial charge in [0.05, 0.1) is 4.90 Å². The Labute approximate surface area is 126 Å². The molecule has 1 aliphatic rings. The number of rotatable bonds is 3. The predicted octanol–water partition coefficient (Wildman–Crippen LogP) is 3.56. The van der Waals surface area contributed by atoms with Crippen LogP contribution in [-0.2, 0) is 10.0 Å². The summed E-state index contributed by atoms with van der Waals surface area (Å²) in [6, 6.07) is 4.92. The van der Waals surface area contributed by atoms with E-state index in [1.54, 1.807) is 18.2 Å². The highest BCUT2D eigenvalue weighted by Crippen LogP contribution is 2.24. The van der Waals surface area contributed by atoms with E-state index < -0.39 is 10.0 Å². The molecule has 1 aromatic rings. The van der Waals surface area contributed by atoms with Crippen molar-refractivity contribution in [3.8, 4) is 0 Å². The van der Waals surface area contributed by atoms with Crippen LogP contribution in [0.1, 0.15) is 32.1 Å². The number of sulfonamides is 1. The zero-order valence-electron chi connectivity index (χ0n) is 9.83. The van der Waals surface area contributed by atoms with Gasteiger partial charge < -0.3 is 0 Å². The Hall–Kier alpha value is 0.150. The van der Waals surface area contributed by atoms with Crippen LogP contribution in [0.3, 0.4) is 0 Å². The van der Waals surface area contributed by atoms with E-state index in [4.69, 9.17) is 11.6 Å². The van der Waals surface area contributed by atoms with Gasteiger partial charge >= 0.3 is 0 Å². The molecule has 0 radical (unpaired) electrons. The smallest absolute Gasteiger partial charge is 0.208 e. The zero-order valence-corrected chi connectivity index (χ0v) is 13.6. The number of benzene rings is 1. The lowest BCUT2D eigenvalue weighted by Gasteiger charge is -2.22. The van der Waals surface area contributed by atoms with E-state index in [9.17, 15) is 8.42 Å². The monoisotopic (exact) mass is 399 g/mol. The lowest BCUT2D eigenvalue weighted by Crippen LogP contribution is -2.36. The first kappa shape index (κ1) is 14.6. The van der Waals surface area contributed by atoms with Crippen LogP contribution in [0.4, 0.5) is 0 Å². The van der Waals surface area contributed by atoms with Crippen LogP contribution >= 0.6 is 34.2 Å². The molecule has 2 rings (SSSR count). The number of hydrogen-bond acceptors (Lipinski definition) is 2. The molecule has 0 spiro atoms. The largest absolute Gasteiger partial charge is 0.241 e. The van der Waals surface area contributed by atoms with Crippen LogP contribution in [-0.4, -0.2) is 14.5 Å². The number of halogens is 2. The van der Waals surface area contributed by atoms with E-state index in [1.165, 1.54) is 6.42 Å². The highest BCUT2D eigenvalue weighted by atomic mass is 127. The maximum absolute atomic E-state index is 12.3. The third-order valence-electron chi connectivity index (χ3n) is 3.11. The van der Waals surface area contributed by atoms with Gasteiger partial charge in [-0.3, -0.25) is 0 Å². The van der Waals surface area contributed by atoms with Crippen molar-refractivity contribution >= 4 is 44.2 Å². The summed E-state index contributed by atoms with van der Waals surface area (Å²) in [6.07, 6.45) is 5.28. The van der Waals surface area contributed by atoms with Crippen molar-refractivity contribution in [2.45, 2.75) is 43.0 Å². The summed E-state index contributed by atoms with van der Waals surface area (Å²) in [4.78, 5) is 0.318. The molecular weight excluding hydrogens is 385 g/mol. The lowest BCUT2D eigenvalue weighted by molar-refractivity contribution is 0.412. The molecule has 1 aliphatic carbocycles. The number of nitrogens with one attached hydrogen (secondary N) is 1. The van der Waals surface area contributed by atoms with Crippen LogP contribution in [0.5, 0.6) is 0 Å². The van der Waals surface area contributed by atoms with Gasteiger partial charge in [0.1, 0.15) is 0 Å². The van der Waals surface area contributed by atoms with Crippen LogP contribution in [0.25, 0.3) is 0 Å². The van der Waals surface area contributed by atoms with Crippen molar-refractivity contribution < 1.29 is 8.42 Å². The minimum absolute atomic E-state index is 0.0789. The standard InChI is InChI=1S/C12H15ClINO2S/c13-9-6-7-12(11(14)8-9)18(16,17)15-10-4-2-1-3-5-10/h6-8,10,15H,1-5H2. The molecule has 3 nitrogen and oxygen atoms in total. The van der Waals surface area contributed by atoms with E-state index in [-0.39, 0.29) is 6.04 Å². The van der Waals surface area contributed by atoms with Gasteiger partial charge in [0.2, 0.25) is 10.0 Å². The molecule has 0 aliphatic heterocycles. The van der Waals surface area contributed by atoms with Crippen molar-refractivity contribution in [2.24, 2.45) is 0 Å². The Kier molecular flexibility index (Phi) is 4.91. The maximum atomic E-state index is 12.3. The normalized spacial score (nSPS) is 17.9. The van der Waals surface area contributed by atoms with E-state index in [0.717, 1.165) is 25.7 Å². The van der Waals surface area contributed by atoms with Crippen molar-refractivity contribution in [3.63, 3.8) is 0 Å². The summed E-state index contributed by atoms with van der Waals surface area (Å²) in [6.45, 7) is 0. The Morgan fingerprint density at radius 2 is 1.89 bits per heavy atom. The van der Waals surface area contributed by atoms with Gasteiger partial charge in [-0.2, -0.15) is 0 Å². The Balaban J connectivity index is 2.19. The first-order valence-electron chi connectivity index (χ1n) is 5.96. The molecule has 0 bridgehead atoms. The molecule has 0 atom stereocenters. The van der Waals surface area contributed by atoms with Crippen molar-refractivity contribution in [2.75, 3.05) is 0 Å². The fourth-order valence-corrected chi connectivity index (χ4v) is 5.30. The first-order valence-corrected chi connectivity index (χ1v) is 8.90. The number of hydrogen-bond donors (Lipinski definition) is 1. The topological polar surface area (TPSA) is 46.2 Å². The predicted molar refractivity (Wildman–Crippen MR) is 81.4 cm³/mol. The molecule has 0 amide bonds. The van der Waals surface area contributed by atoms with Gasteiger partial charge in [-0.15, -0.1) is 0 Å². The van der Waals surface area contributed by atoms with Crippen molar-refractivity contribution in [1.29, 1.82) is 0 Å². The van der Waals surface area contributed by atoms with Gasteiger partial charge in [-0.05, 0) is 53.6 Å². The van der Waals surface area contributed by atoms with Gasteiger partial charge in [0.25, 0.3) is 0 Å². The van der Waals surface area contributed by atoms with Crippen LogP contribution in [0.2, 0.25) is 5.02 Å². The fourth-order valence-electron chi connectivity index (χ4n) is 2.20. The third kappa shape index (κ3) is 3.59. The Morgan fingerprint density at radius 3 is 2.50 bits per heavy atom. The maximum Gasteiger partial charge on any atom is 0.241 e. The molecule has 18 heavy (non-hydrogen) atoms. The molecule has 0 aromatic heterocycles. The molecule has 1 aromatic carbocycles. The molecule has 6 heteroatoms. The van der Waals surface area contributed by atoms with E-state index in [0.29, 0.717) is 13.5 Å². The van der Waals surface area contributed by atoms with Crippen LogP contribution < -0.4 is 4.72 Å². The zero-order chi connectivity index (χ0) is 13.2. The first-order chi connectivity index (χ1) is 8.49. The second-order valence-electron chi connectivity index (χ2n) is 4.53. The van der Waals surface area contributed by atoms with Gasteiger partial charge in [-0.25, -0.2) is 13.1 Å². The summed E-state index contributed by atoms with van der Waals surface area (Å²) in [5.41, 5.74) is 0. The lowest BCUT2D eigenvalue weighted by atomic mass is 9.96. The molecular formula is C12H15ClINO2S. The van der Waals surface area contributed by atoms with Crippen LogP contribution in [0, 0.1) is 3.57 Å². The van der Waals surface area contributed by atoms with Gasteiger partial charge in [-0.1, -0.05) is 30.9 Å². The minimum atomic E-state index is -3.42. The average Bonchev–Trinajstić information content (AvgIpc) is 2.29. The van der Waals surface area contributed by atoms with Gasteiger partial charge in [0, 0.05) is 14.6 Å². The molecule has 0 heterocycles. The van der Waals surface area contributed by atoms with E-state index in [2.05, 4.69) is 4.72 Å². The summed E-state index contributed by atoms with van der Waals surface area (Å²) >= 11 is 7.84. The van der Waals surface area contributed by atoms with Crippen molar-refractivity contribution in [1.82, 2.24) is 4.72 Å². The second-order valence-corrected chi connectivity index (χ2v) is 7.81. The average molecular weight is 400 g/mol. The second kappa shape index (κ2) is 6.07. The summed E-state index contributed by atoms with van der Waals surface area (Å²) < 4.78 is 28.0. The van der Waals surface area contributed by atoms with Crippen molar-refractivity contribution in [3.05, 3.63) is 26.8 Å². The highest BCUT2D eigenvalue weighted by Gasteiger charge is 2.23. The molecule has 100 valence electrons. The van der Waals surface area contributed by atoms with E-state index in [1.807, 2.05) is 22.6 Å². The Bertz CT molecular complexity index is 527. The van der Waals surface area contributed by atoms with Crippen LogP contribution in [0.15, 0.2) is 23.1 Å². The Morgan fingerprint density at radius 1 is 1.22 bits per heavy atom. The van der Waals surface area contributed by atoms with E-state index >= 15 is 0 Å². The van der Waals surface area contributed by atoms with Gasteiger partial charge in [0.15, 0.2) is 0 Å². The summed E-state index contributed by atoms with van der Waals surface area (Å²) in [7, 11) is -3.42. The molecule has 1 N–H and O–H groups in total. The summed E-state index contributed by atoms with van der Waals surface area (Å²) in [5.74, 6) is 0. The quantitative estimate of drug-likeness (QED) is 0.790. The minimum Gasteiger partial charge on any atom is -0.208 e. The SMILES string of the molecule is O=S(=O)(NC1CCCCC1)c1ccc(Cl)cc1I. The molecule has 1 saturated carbocycles. The third-order valence-corrected chi connectivity index (χ3v) is 6.18. The fraction of sp³-hybridized carbons (Fsp3) is 0.500. The summed E-state index contributed by atoms with van der Waals surface area (Å²) in [5, 5.41) is 0.552. The molecule has 1 fully saturated rings. The molecule has 0 unspecified atom stereocenters. The highest BCUT2D eigenvalue weighted by molar-refractivity contribution is 14.1.